The van der Waals surface area contributed by atoms with Crippen LogP contribution in [0, 0.1) is 0 Å². The predicted octanol–water partition coefficient (Wildman–Crippen LogP) is 0.494. The lowest BCUT2D eigenvalue weighted by molar-refractivity contribution is 0.477. The average Bonchev–Trinajstić information content (AvgIpc) is 2.79. The fourth-order valence-corrected chi connectivity index (χ4v) is 4.61. The fourth-order valence-electron chi connectivity index (χ4n) is 2.01. The largest absolute Gasteiger partial charge is 0.243 e. The smallest absolute Gasteiger partial charge is 0.229 e. The number of hydrogen-bond donors (Lipinski definition) is 0. The Kier molecular flexibility index (Phi) is 3.48. The van der Waals surface area contributed by atoms with Gasteiger partial charge in [0.05, 0.1) is 10.1 Å². The second-order valence-corrected chi connectivity index (χ2v) is 8.68. The van der Waals surface area contributed by atoms with Crippen LogP contribution in [-0.4, -0.2) is 45.7 Å². The Morgan fingerprint density at radius 2 is 1.72 bits per heavy atom. The summed E-state index contributed by atoms with van der Waals surface area (Å²) in [5.74, 6) is 0. The van der Waals surface area contributed by atoms with E-state index in [0.717, 1.165) is 6.26 Å². The molecule has 0 spiro atoms. The highest BCUT2D eigenvalue weighted by atomic mass is 32.2. The van der Waals surface area contributed by atoms with E-state index in [2.05, 4.69) is 0 Å². The van der Waals surface area contributed by atoms with Crippen molar-refractivity contribution in [3.63, 3.8) is 0 Å². The van der Waals surface area contributed by atoms with E-state index in [-0.39, 0.29) is 18.0 Å². The Balaban J connectivity index is 2.25. The van der Waals surface area contributed by atoms with E-state index in [1.807, 2.05) is 0 Å². The van der Waals surface area contributed by atoms with Crippen molar-refractivity contribution in [1.82, 2.24) is 4.31 Å². The van der Waals surface area contributed by atoms with E-state index in [1.165, 1.54) is 16.4 Å². The van der Waals surface area contributed by atoms with Crippen molar-refractivity contribution < 1.29 is 16.8 Å². The minimum absolute atomic E-state index is 0.0516. The molecule has 18 heavy (non-hydrogen) atoms. The molecule has 7 heteroatoms. The van der Waals surface area contributed by atoms with Gasteiger partial charge in [-0.3, -0.25) is 0 Å². The standard InChI is InChI=1S/C11H15NO4S2/c1-17(13,14)11-7-8-12(9-11)18(15,16)10-5-3-2-4-6-10/h2-6,11H,7-9H2,1H3/t11-/m0/s1. The van der Waals surface area contributed by atoms with Gasteiger partial charge in [-0.05, 0) is 18.6 Å². The molecule has 1 aliphatic rings. The van der Waals surface area contributed by atoms with Gasteiger partial charge in [0.2, 0.25) is 10.0 Å². The number of sulfone groups is 1. The maximum absolute atomic E-state index is 12.2. The number of hydrogen-bond acceptors (Lipinski definition) is 4. The fraction of sp³-hybridized carbons (Fsp3) is 0.455. The van der Waals surface area contributed by atoms with Crippen LogP contribution in [0.4, 0.5) is 0 Å². The molecule has 0 N–H and O–H groups in total. The van der Waals surface area contributed by atoms with Crippen LogP contribution in [0.3, 0.4) is 0 Å². The molecule has 1 heterocycles. The summed E-state index contributed by atoms with van der Waals surface area (Å²) in [6, 6.07) is 8.07. The van der Waals surface area contributed by atoms with Crippen molar-refractivity contribution in [2.24, 2.45) is 0 Å². The normalized spacial score (nSPS) is 22.2. The predicted molar refractivity (Wildman–Crippen MR) is 68.4 cm³/mol. The zero-order chi connectivity index (χ0) is 13.4. The first-order chi connectivity index (χ1) is 8.32. The van der Waals surface area contributed by atoms with E-state index in [9.17, 15) is 16.8 Å². The topological polar surface area (TPSA) is 71.5 Å². The highest BCUT2D eigenvalue weighted by molar-refractivity contribution is 7.91. The molecule has 100 valence electrons. The molecule has 0 bridgehead atoms. The maximum atomic E-state index is 12.2. The third kappa shape index (κ3) is 2.57. The molecule has 5 nitrogen and oxygen atoms in total. The van der Waals surface area contributed by atoms with E-state index in [0.29, 0.717) is 6.42 Å². The van der Waals surface area contributed by atoms with Crippen LogP contribution >= 0.6 is 0 Å². The van der Waals surface area contributed by atoms with Gasteiger partial charge >= 0.3 is 0 Å². The lowest BCUT2D eigenvalue weighted by Crippen LogP contribution is -2.31. The summed E-state index contributed by atoms with van der Waals surface area (Å²) in [6.07, 6.45) is 1.52. The molecule has 1 aromatic rings. The first-order valence-electron chi connectivity index (χ1n) is 5.56. The van der Waals surface area contributed by atoms with Crippen LogP contribution in [0.1, 0.15) is 6.42 Å². The minimum Gasteiger partial charge on any atom is -0.229 e. The van der Waals surface area contributed by atoms with Gasteiger partial charge in [0.25, 0.3) is 0 Å². The van der Waals surface area contributed by atoms with Gasteiger partial charge in [0.1, 0.15) is 0 Å². The number of benzene rings is 1. The van der Waals surface area contributed by atoms with Crippen LogP contribution < -0.4 is 0 Å². The highest BCUT2D eigenvalue weighted by Gasteiger charge is 2.36. The summed E-state index contributed by atoms with van der Waals surface area (Å²) < 4.78 is 48.6. The van der Waals surface area contributed by atoms with Crippen LogP contribution in [-0.2, 0) is 19.9 Å². The summed E-state index contributed by atoms with van der Waals surface area (Å²) in [5, 5.41) is -0.587. The molecule has 0 aliphatic carbocycles. The molecule has 0 radical (unpaired) electrons. The monoisotopic (exact) mass is 289 g/mol. The first-order valence-corrected chi connectivity index (χ1v) is 8.95. The second-order valence-electron chi connectivity index (χ2n) is 4.42. The molecule has 1 atom stereocenters. The molecule has 0 aromatic heterocycles. The zero-order valence-corrected chi connectivity index (χ0v) is 11.6. The van der Waals surface area contributed by atoms with Gasteiger partial charge in [0, 0.05) is 19.3 Å². The Morgan fingerprint density at radius 3 is 2.22 bits per heavy atom. The van der Waals surface area contributed by atoms with Gasteiger partial charge in [-0.25, -0.2) is 16.8 Å². The van der Waals surface area contributed by atoms with Crippen molar-refractivity contribution in [3.05, 3.63) is 30.3 Å². The van der Waals surface area contributed by atoms with Crippen LogP contribution in [0.25, 0.3) is 0 Å². The maximum Gasteiger partial charge on any atom is 0.243 e. The van der Waals surface area contributed by atoms with Gasteiger partial charge in [-0.2, -0.15) is 4.31 Å². The summed E-state index contributed by atoms with van der Waals surface area (Å²) in [7, 11) is -6.75. The molecule has 0 saturated carbocycles. The highest BCUT2D eigenvalue weighted by Crippen LogP contribution is 2.23. The van der Waals surface area contributed by atoms with E-state index in [1.54, 1.807) is 18.2 Å². The lowest BCUT2D eigenvalue weighted by Gasteiger charge is -2.16. The van der Waals surface area contributed by atoms with Crippen molar-refractivity contribution in [1.29, 1.82) is 0 Å². The molecule has 0 unspecified atom stereocenters. The summed E-state index contributed by atoms with van der Waals surface area (Å²) in [4.78, 5) is 0.208. The number of rotatable bonds is 3. The third-order valence-corrected chi connectivity index (χ3v) is 6.57. The SMILES string of the molecule is CS(=O)(=O)[C@H]1CCN(S(=O)(=O)c2ccccc2)C1. The molecule has 0 amide bonds. The average molecular weight is 289 g/mol. The van der Waals surface area contributed by atoms with Gasteiger partial charge in [-0.1, -0.05) is 18.2 Å². The van der Waals surface area contributed by atoms with E-state index >= 15 is 0 Å². The molecule has 1 fully saturated rings. The van der Waals surface area contributed by atoms with Crippen molar-refractivity contribution in [3.8, 4) is 0 Å². The summed E-state index contributed by atoms with van der Waals surface area (Å²) in [5.41, 5.74) is 0. The summed E-state index contributed by atoms with van der Waals surface area (Å²) in [6.45, 7) is 0.311. The van der Waals surface area contributed by atoms with E-state index < -0.39 is 25.1 Å². The van der Waals surface area contributed by atoms with Crippen LogP contribution in [0.15, 0.2) is 35.2 Å². The van der Waals surface area contributed by atoms with Crippen LogP contribution in [0.2, 0.25) is 0 Å². The number of sulfonamides is 1. The molecule has 1 saturated heterocycles. The molecular formula is C11H15NO4S2. The van der Waals surface area contributed by atoms with E-state index in [4.69, 9.17) is 0 Å². The molecular weight excluding hydrogens is 274 g/mol. The van der Waals surface area contributed by atoms with Crippen LogP contribution in [0.5, 0.6) is 0 Å². The van der Waals surface area contributed by atoms with Crippen molar-refractivity contribution in [2.75, 3.05) is 19.3 Å². The van der Waals surface area contributed by atoms with Gasteiger partial charge in [-0.15, -0.1) is 0 Å². The molecule has 1 aromatic carbocycles. The minimum atomic E-state index is -3.56. The second kappa shape index (κ2) is 4.64. The Bertz CT molecular complexity index is 622. The zero-order valence-electron chi connectivity index (χ0n) is 9.98. The first kappa shape index (κ1) is 13.5. The van der Waals surface area contributed by atoms with Gasteiger partial charge in [0.15, 0.2) is 9.84 Å². The third-order valence-electron chi connectivity index (χ3n) is 3.09. The van der Waals surface area contributed by atoms with Crippen molar-refractivity contribution >= 4 is 19.9 Å². The Morgan fingerprint density at radius 1 is 1.11 bits per heavy atom. The Hall–Kier alpha value is -0.920. The summed E-state index contributed by atoms with van der Waals surface area (Å²) >= 11 is 0. The molecule has 2 rings (SSSR count). The Labute approximate surface area is 107 Å². The quantitative estimate of drug-likeness (QED) is 0.812. The molecule has 1 aliphatic heterocycles. The lowest BCUT2D eigenvalue weighted by atomic mass is 10.4. The van der Waals surface area contributed by atoms with Gasteiger partial charge < -0.3 is 0 Å². The van der Waals surface area contributed by atoms with Crippen molar-refractivity contribution in [2.45, 2.75) is 16.6 Å². The number of nitrogens with zero attached hydrogens (tertiary/aromatic N) is 1.